The Bertz CT molecular complexity index is 409. The molecule has 1 aliphatic rings. The summed E-state index contributed by atoms with van der Waals surface area (Å²) in [6, 6.07) is 0. The molecule has 1 fully saturated rings. The lowest BCUT2D eigenvalue weighted by Crippen LogP contribution is -2.35. The van der Waals surface area contributed by atoms with Gasteiger partial charge in [0.15, 0.2) is 0 Å². The fraction of sp³-hybridized carbons (Fsp3) is 0.667. The molecule has 4 nitrogen and oxygen atoms in total. The molecule has 0 spiro atoms. The van der Waals surface area contributed by atoms with Crippen molar-refractivity contribution in [3.8, 4) is 0 Å². The van der Waals surface area contributed by atoms with Crippen LogP contribution < -0.4 is 0 Å². The first-order chi connectivity index (χ1) is 8.06. The Morgan fingerprint density at radius 2 is 2.12 bits per heavy atom. The van der Waals surface area contributed by atoms with Crippen LogP contribution in [0.15, 0.2) is 0 Å². The fourth-order valence-electron chi connectivity index (χ4n) is 2.26. The van der Waals surface area contributed by atoms with E-state index in [1.54, 1.807) is 11.3 Å². The monoisotopic (exact) mass is 254 g/mol. The zero-order valence-corrected chi connectivity index (χ0v) is 11.1. The number of hydrogen-bond donors (Lipinski definition) is 1. The van der Waals surface area contributed by atoms with Crippen molar-refractivity contribution in [2.75, 3.05) is 13.1 Å². The number of aliphatic carboxylic acids is 1. The number of aromatic nitrogens is 1. The van der Waals surface area contributed by atoms with E-state index in [0.29, 0.717) is 0 Å². The van der Waals surface area contributed by atoms with Crippen LogP contribution in [0.5, 0.6) is 0 Å². The quantitative estimate of drug-likeness (QED) is 0.897. The number of likely N-dealkylation sites (tertiary alicyclic amines) is 1. The highest BCUT2D eigenvalue weighted by Crippen LogP contribution is 2.23. The Labute approximate surface area is 105 Å². The largest absolute Gasteiger partial charge is 0.481 e. The van der Waals surface area contributed by atoms with Crippen LogP contribution in [0.3, 0.4) is 0 Å². The molecule has 5 heteroatoms. The smallest absolute Gasteiger partial charge is 0.306 e. The van der Waals surface area contributed by atoms with Gasteiger partial charge in [-0.15, -0.1) is 11.3 Å². The molecule has 1 saturated heterocycles. The molecule has 94 valence electrons. The van der Waals surface area contributed by atoms with Crippen molar-refractivity contribution in [1.82, 2.24) is 9.88 Å². The van der Waals surface area contributed by atoms with Crippen molar-refractivity contribution in [2.45, 2.75) is 33.2 Å². The van der Waals surface area contributed by atoms with Crippen LogP contribution in [0.2, 0.25) is 0 Å². The van der Waals surface area contributed by atoms with Gasteiger partial charge in [0.1, 0.15) is 0 Å². The molecule has 1 aromatic rings. The van der Waals surface area contributed by atoms with Crippen LogP contribution in [0.1, 0.15) is 28.4 Å². The summed E-state index contributed by atoms with van der Waals surface area (Å²) in [5, 5.41) is 10.0. The number of carboxylic acids is 1. The van der Waals surface area contributed by atoms with Gasteiger partial charge in [-0.25, -0.2) is 4.98 Å². The summed E-state index contributed by atoms with van der Waals surface area (Å²) >= 11 is 1.75. The van der Waals surface area contributed by atoms with Gasteiger partial charge in [0.2, 0.25) is 0 Å². The van der Waals surface area contributed by atoms with Crippen molar-refractivity contribution in [1.29, 1.82) is 0 Å². The average Bonchev–Trinajstić information content (AvgIpc) is 2.58. The second-order valence-corrected chi connectivity index (χ2v) is 5.92. The molecule has 0 unspecified atom stereocenters. The number of hydrogen-bond acceptors (Lipinski definition) is 4. The summed E-state index contributed by atoms with van der Waals surface area (Å²) in [6.07, 6.45) is 1.54. The molecule has 0 aromatic carbocycles. The third kappa shape index (κ3) is 3.04. The van der Waals surface area contributed by atoms with E-state index in [1.807, 2.05) is 13.8 Å². The number of aryl methyl sites for hydroxylation is 2. The molecule has 0 saturated carbocycles. The lowest BCUT2D eigenvalue weighted by molar-refractivity contribution is -0.143. The molecule has 2 rings (SSSR count). The van der Waals surface area contributed by atoms with Crippen LogP contribution in [0, 0.1) is 19.8 Å². The predicted molar refractivity (Wildman–Crippen MR) is 67.2 cm³/mol. The van der Waals surface area contributed by atoms with Crippen molar-refractivity contribution in [3.63, 3.8) is 0 Å². The van der Waals surface area contributed by atoms with E-state index >= 15 is 0 Å². The third-order valence-electron chi connectivity index (χ3n) is 3.30. The number of nitrogens with zero attached hydrogens (tertiary/aromatic N) is 2. The summed E-state index contributed by atoms with van der Waals surface area (Å²) in [5.41, 5.74) is 1.12. The van der Waals surface area contributed by atoms with Gasteiger partial charge in [-0.3, -0.25) is 9.69 Å². The first-order valence-corrected chi connectivity index (χ1v) is 6.76. The Balaban J connectivity index is 1.90. The molecule has 1 aromatic heterocycles. The maximum atomic E-state index is 10.9. The van der Waals surface area contributed by atoms with Gasteiger partial charge in [-0.2, -0.15) is 0 Å². The highest BCUT2D eigenvalue weighted by atomic mass is 32.1. The second-order valence-electron chi connectivity index (χ2n) is 4.63. The van der Waals surface area contributed by atoms with E-state index in [1.165, 1.54) is 4.88 Å². The van der Waals surface area contributed by atoms with E-state index < -0.39 is 5.97 Å². The van der Waals surface area contributed by atoms with Crippen molar-refractivity contribution >= 4 is 17.3 Å². The lowest BCUT2D eigenvalue weighted by atomic mass is 9.97. The third-order valence-corrected chi connectivity index (χ3v) is 4.36. The van der Waals surface area contributed by atoms with E-state index in [4.69, 9.17) is 5.11 Å². The van der Waals surface area contributed by atoms with Gasteiger partial charge in [0.05, 0.1) is 16.6 Å². The highest BCUT2D eigenvalue weighted by molar-refractivity contribution is 7.11. The molecule has 17 heavy (non-hydrogen) atoms. The molecule has 1 aliphatic heterocycles. The van der Waals surface area contributed by atoms with Crippen LogP contribution in [-0.2, 0) is 11.3 Å². The molecule has 0 radical (unpaired) electrons. The van der Waals surface area contributed by atoms with Gasteiger partial charge < -0.3 is 5.11 Å². The van der Waals surface area contributed by atoms with Crippen molar-refractivity contribution < 1.29 is 9.90 Å². The molecule has 0 aliphatic carbocycles. The van der Waals surface area contributed by atoms with Gasteiger partial charge in [0, 0.05) is 11.4 Å². The standard InChI is InChI=1S/C12H18N2O2S/c1-8-11(17-9(2)13-8)7-14-5-3-10(4-6-14)12(15)16/h10H,3-7H2,1-2H3,(H,15,16). The first kappa shape index (κ1) is 12.5. The summed E-state index contributed by atoms with van der Waals surface area (Å²) in [7, 11) is 0. The molecular formula is C12H18N2O2S. The molecule has 0 bridgehead atoms. The molecule has 2 heterocycles. The molecular weight excluding hydrogens is 236 g/mol. The Hall–Kier alpha value is -0.940. The fourth-order valence-corrected chi connectivity index (χ4v) is 3.24. The Morgan fingerprint density at radius 1 is 1.47 bits per heavy atom. The first-order valence-electron chi connectivity index (χ1n) is 5.94. The number of carbonyl (C=O) groups is 1. The maximum absolute atomic E-state index is 10.9. The SMILES string of the molecule is Cc1nc(C)c(CN2CCC(C(=O)O)CC2)s1. The van der Waals surface area contributed by atoms with Gasteiger partial charge >= 0.3 is 5.97 Å². The van der Waals surface area contributed by atoms with E-state index in [-0.39, 0.29) is 5.92 Å². The van der Waals surface area contributed by atoms with Crippen molar-refractivity contribution in [3.05, 3.63) is 15.6 Å². The minimum Gasteiger partial charge on any atom is -0.481 e. The minimum absolute atomic E-state index is 0.143. The molecule has 0 atom stereocenters. The normalized spacial score (nSPS) is 18.5. The summed E-state index contributed by atoms with van der Waals surface area (Å²) in [6.45, 7) is 6.76. The van der Waals surface area contributed by atoms with Crippen LogP contribution >= 0.6 is 11.3 Å². The van der Waals surface area contributed by atoms with Crippen LogP contribution in [-0.4, -0.2) is 34.0 Å². The average molecular weight is 254 g/mol. The van der Waals surface area contributed by atoms with E-state index in [0.717, 1.165) is 43.2 Å². The van der Waals surface area contributed by atoms with Gasteiger partial charge in [0.25, 0.3) is 0 Å². The number of piperidine rings is 1. The minimum atomic E-state index is -0.644. The predicted octanol–water partition coefficient (Wildman–Crippen LogP) is 2.06. The van der Waals surface area contributed by atoms with E-state index in [2.05, 4.69) is 9.88 Å². The van der Waals surface area contributed by atoms with Crippen LogP contribution in [0.4, 0.5) is 0 Å². The summed E-state index contributed by atoms with van der Waals surface area (Å²) in [5.74, 6) is -0.787. The van der Waals surface area contributed by atoms with Gasteiger partial charge in [-0.05, 0) is 39.8 Å². The summed E-state index contributed by atoms with van der Waals surface area (Å²) < 4.78 is 0. The van der Waals surface area contributed by atoms with E-state index in [9.17, 15) is 4.79 Å². The maximum Gasteiger partial charge on any atom is 0.306 e. The zero-order valence-electron chi connectivity index (χ0n) is 10.3. The number of rotatable bonds is 3. The number of carboxylic acid groups (broad SMARTS) is 1. The lowest BCUT2D eigenvalue weighted by Gasteiger charge is -2.29. The van der Waals surface area contributed by atoms with Crippen LogP contribution in [0.25, 0.3) is 0 Å². The van der Waals surface area contributed by atoms with Gasteiger partial charge in [-0.1, -0.05) is 0 Å². The zero-order chi connectivity index (χ0) is 12.4. The molecule has 0 amide bonds. The number of thiazole rings is 1. The topological polar surface area (TPSA) is 53.4 Å². The highest BCUT2D eigenvalue weighted by Gasteiger charge is 2.24. The van der Waals surface area contributed by atoms with Crippen molar-refractivity contribution in [2.24, 2.45) is 5.92 Å². The summed E-state index contributed by atoms with van der Waals surface area (Å²) in [4.78, 5) is 18.9. The second kappa shape index (κ2) is 5.14. The molecule has 1 N–H and O–H groups in total. The Morgan fingerprint density at radius 3 is 2.59 bits per heavy atom. The Kier molecular flexibility index (Phi) is 3.79.